The Hall–Kier alpha value is -3.24. The lowest BCUT2D eigenvalue weighted by Gasteiger charge is -2.21. The van der Waals surface area contributed by atoms with E-state index in [0.29, 0.717) is 24.3 Å². The monoisotopic (exact) mass is 509 g/mol. The average Bonchev–Trinajstić information content (AvgIpc) is 3.37. The molecular weight excluding hydrogens is 478 g/mol. The van der Waals surface area contributed by atoms with Crippen molar-refractivity contribution >= 4 is 22.0 Å². The fourth-order valence-corrected chi connectivity index (χ4v) is 5.40. The largest absolute Gasteiger partial charge is 0.350 e. The highest BCUT2D eigenvalue weighted by Crippen LogP contribution is 2.27. The molecule has 36 heavy (non-hydrogen) atoms. The van der Waals surface area contributed by atoms with Crippen LogP contribution in [0.3, 0.4) is 0 Å². The van der Waals surface area contributed by atoms with Gasteiger partial charge in [-0.15, -0.1) is 0 Å². The molecule has 0 aliphatic carbocycles. The van der Waals surface area contributed by atoms with Gasteiger partial charge in [-0.25, -0.2) is 22.7 Å². The smallest absolute Gasteiger partial charge is 0.267 e. The van der Waals surface area contributed by atoms with Gasteiger partial charge >= 0.3 is 0 Å². The molecule has 0 saturated carbocycles. The quantitative estimate of drug-likeness (QED) is 0.346. The van der Waals surface area contributed by atoms with Crippen molar-refractivity contribution in [2.24, 2.45) is 0 Å². The Labute approximate surface area is 212 Å². The molecule has 0 radical (unpaired) electrons. The van der Waals surface area contributed by atoms with E-state index in [0.717, 1.165) is 30.4 Å². The molecule has 1 amide bonds. The van der Waals surface area contributed by atoms with E-state index in [1.165, 1.54) is 28.5 Å². The van der Waals surface area contributed by atoms with Crippen molar-refractivity contribution < 1.29 is 22.8 Å². The highest BCUT2D eigenvalue weighted by atomic mass is 32.2. The summed E-state index contributed by atoms with van der Waals surface area (Å²) in [7, 11) is -0.0382. The summed E-state index contributed by atoms with van der Waals surface area (Å²) < 4.78 is 33.6. The van der Waals surface area contributed by atoms with Crippen molar-refractivity contribution in [3.8, 4) is 11.1 Å². The van der Waals surface area contributed by atoms with Crippen LogP contribution in [0.2, 0.25) is 0 Å². The summed E-state index contributed by atoms with van der Waals surface area (Å²) in [6, 6.07) is 16.9. The van der Waals surface area contributed by atoms with Crippen LogP contribution in [0, 0.1) is 0 Å². The second kappa shape index (κ2) is 11.7. The zero-order valence-electron chi connectivity index (χ0n) is 20.5. The Morgan fingerprint density at radius 1 is 1.14 bits per heavy atom. The van der Waals surface area contributed by atoms with Crippen LogP contribution in [0.5, 0.6) is 0 Å². The summed E-state index contributed by atoms with van der Waals surface area (Å²) in [4.78, 5) is 19.5. The fourth-order valence-electron chi connectivity index (χ4n) is 3.99. The molecule has 0 spiro atoms. The molecule has 4 rings (SSSR count). The summed E-state index contributed by atoms with van der Waals surface area (Å²) in [5.74, 6) is -0.454. The highest BCUT2D eigenvalue weighted by Gasteiger charge is 2.22. The first-order valence-corrected chi connectivity index (χ1v) is 13.3. The first-order chi connectivity index (χ1) is 17.3. The van der Waals surface area contributed by atoms with Gasteiger partial charge in [0.25, 0.3) is 15.9 Å². The minimum atomic E-state index is -3.84. The number of benzene rings is 2. The molecule has 1 aliphatic heterocycles. The molecule has 1 unspecified atom stereocenters. The summed E-state index contributed by atoms with van der Waals surface area (Å²) in [6.45, 7) is 1.08. The SMILES string of the molecule is CN(C)Cc1cc(-c2ccccc2)ccc1S(=O)(=O)n1ccc(C=CC(=O)NOC2CCCCO2)c1. The Kier molecular flexibility index (Phi) is 8.37. The van der Waals surface area contributed by atoms with Crippen LogP contribution in [-0.2, 0) is 30.9 Å². The maximum atomic E-state index is 13.5. The van der Waals surface area contributed by atoms with E-state index in [4.69, 9.17) is 9.57 Å². The maximum Gasteiger partial charge on any atom is 0.267 e. The van der Waals surface area contributed by atoms with Crippen LogP contribution in [0.25, 0.3) is 17.2 Å². The predicted molar refractivity (Wildman–Crippen MR) is 138 cm³/mol. The van der Waals surface area contributed by atoms with Gasteiger partial charge < -0.3 is 9.64 Å². The normalized spacial score (nSPS) is 16.5. The van der Waals surface area contributed by atoms with E-state index < -0.39 is 22.2 Å². The first-order valence-electron chi connectivity index (χ1n) is 11.8. The summed E-state index contributed by atoms with van der Waals surface area (Å²) in [5.41, 5.74) is 5.59. The number of carbonyl (C=O) groups excluding carboxylic acids is 1. The van der Waals surface area contributed by atoms with Crippen LogP contribution < -0.4 is 5.48 Å². The van der Waals surface area contributed by atoms with Crippen LogP contribution >= 0.6 is 0 Å². The molecule has 1 aromatic heterocycles. The van der Waals surface area contributed by atoms with Gasteiger partial charge in [0.05, 0.1) is 4.90 Å². The summed E-state index contributed by atoms with van der Waals surface area (Å²) >= 11 is 0. The predicted octanol–water partition coefficient (Wildman–Crippen LogP) is 4.04. The van der Waals surface area contributed by atoms with Gasteiger partial charge in [0.2, 0.25) is 0 Å². The summed E-state index contributed by atoms with van der Waals surface area (Å²) in [6.07, 6.45) is 8.05. The van der Waals surface area contributed by atoms with Gasteiger partial charge in [-0.3, -0.25) is 4.79 Å². The first kappa shape index (κ1) is 25.8. The summed E-state index contributed by atoms with van der Waals surface area (Å²) in [5, 5.41) is 0. The van der Waals surface area contributed by atoms with Gasteiger partial charge in [0.15, 0.2) is 6.29 Å². The molecule has 8 nitrogen and oxygen atoms in total. The van der Waals surface area contributed by atoms with Crippen molar-refractivity contribution in [3.63, 3.8) is 0 Å². The molecule has 1 fully saturated rings. The molecule has 1 saturated heterocycles. The van der Waals surface area contributed by atoms with Crippen molar-refractivity contribution in [1.29, 1.82) is 0 Å². The van der Waals surface area contributed by atoms with Crippen LogP contribution in [0.15, 0.2) is 78.0 Å². The van der Waals surface area contributed by atoms with Gasteiger partial charge in [-0.2, -0.15) is 0 Å². The van der Waals surface area contributed by atoms with Crippen molar-refractivity contribution in [3.05, 3.63) is 84.2 Å². The van der Waals surface area contributed by atoms with E-state index >= 15 is 0 Å². The molecule has 1 aliphatic rings. The van der Waals surface area contributed by atoms with Crippen molar-refractivity contribution in [2.45, 2.75) is 37.0 Å². The molecule has 9 heteroatoms. The minimum Gasteiger partial charge on any atom is -0.350 e. The third-order valence-electron chi connectivity index (χ3n) is 5.76. The Morgan fingerprint density at radius 2 is 1.94 bits per heavy atom. The number of hydrogen-bond donors (Lipinski definition) is 1. The number of amides is 1. The maximum absolute atomic E-state index is 13.5. The number of hydroxylamine groups is 1. The van der Waals surface area contributed by atoms with E-state index in [9.17, 15) is 13.2 Å². The standard InChI is InChI=1S/C27H31N3O5S/c1-29(2)20-24-18-23(22-8-4-3-5-9-22)12-13-25(24)36(32,33)30-16-15-21(19-30)11-14-26(31)28-35-27-10-6-7-17-34-27/h3-5,8-9,11-16,18-19,27H,6-7,10,17,20H2,1-2H3,(H,28,31). The number of nitrogens with one attached hydrogen (secondary N) is 1. The van der Waals surface area contributed by atoms with Crippen molar-refractivity contribution in [1.82, 2.24) is 14.4 Å². The number of hydrogen-bond acceptors (Lipinski definition) is 6. The second-order valence-electron chi connectivity index (χ2n) is 8.92. The fraction of sp³-hybridized carbons (Fsp3) is 0.296. The van der Waals surface area contributed by atoms with Gasteiger partial charge in [0, 0.05) is 38.0 Å². The molecule has 1 atom stereocenters. The molecule has 190 valence electrons. The van der Waals surface area contributed by atoms with E-state index in [2.05, 4.69) is 5.48 Å². The zero-order valence-corrected chi connectivity index (χ0v) is 21.3. The molecule has 3 aromatic rings. The number of carbonyl (C=O) groups is 1. The molecule has 2 heterocycles. The lowest BCUT2D eigenvalue weighted by molar-refractivity contribution is -0.198. The van der Waals surface area contributed by atoms with Crippen molar-refractivity contribution in [2.75, 3.05) is 20.7 Å². The highest BCUT2D eigenvalue weighted by molar-refractivity contribution is 7.90. The Balaban J connectivity index is 1.51. The van der Waals surface area contributed by atoms with E-state index in [-0.39, 0.29) is 4.90 Å². The Bertz CT molecular complexity index is 1310. The lowest BCUT2D eigenvalue weighted by atomic mass is 10.0. The molecular formula is C27H31N3O5S. The van der Waals surface area contributed by atoms with E-state index in [1.54, 1.807) is 12.1 Å². The zero-order chi connectivity index (χ0) is 25.5. The van der Waals surface area contributed by atoms with E-state index in [1.807, 2.05) is 61.5 Å². The molecule has 1 N–H and O–H groups in total. The number of rotatable bonds is 9. The second-order valence-corrected chi connectivity index (χ2v) is 10.7. The minimum absolute atomic E-state index is 0.237. The number of aromatic nitrogens is 1. The lowest BCUT2D eigenvalue weighted by Crippen LogP contribution is -2.32. The third kappa shape index (κ3) is 6.50. The number of nitrogens with zero attached hydrogens (tertiary/aromatic N) is 2. The van der Waals surface area contributed by atoms with Gasteiger partial charge in [0.1, 0.15) is 0 Å². The van der Waals surface area contributed by atoms with Gasteiger partial charge in [-0.05, 0) is 73.5 Å². The van der Waals surface area contributed by atoms with Crippen LogP contribution in [0.1, 0.15) is 30.4 Å². The van der Waals surface area contributed by atoms with Gasteiger partial charge in [-0.1, -0.05) is 36.4 Å². The number of ether oxygens (including phenoxy) is 1. The van der Waals surface area contributed by atoms with Crippen LogP contribution in [-0.4, -0.2) is 50.2 Å². The Morgan fingerprint density at radius 3 is 2.67 bits per heavy atom. The molecule has 2 aromatic carbocycles. The molecule has 0 bridgehead atoms. The topological polar surface area (TPSA) is 89.9 Å². The van der Waals surface area contributed by atoms with Crippen LogP contribution in [0.4, 0.5) is 0 Å². The average molecular weight is 510 g/mol. The third-order valence-corrected chi connectivity index (χ3v) is 7.49.